The van der Waals surface area contributed by atoms with Gasteiger partial charge in [-0.15, -0.1) is 0 Å². The number of hydrogen-bond donors (Lipinski definition) is 1. The van der Waals surface area contributed by atoms with E-state index in [0.29, 0.717) is 14.8 Å². The molecule has 0 aliphatic rings. The molecule has 0 saturated carbocycles. The summed E-state index contributed by atoms with van der Waals surface area (Å²) in [6.07, 6.45) is -1.39. The molecule has 0 bridgehead atoms. The highest BCUT2D eigenvalue weighted by atomic mass is 127. The normalized spacial score (nSPS) is 10.9. The number of rotatable bonds is 2. The van der Waals surface area contributed by atoms with Crippen molar-refractivity contribution in [2.24, 2.45) is 0 Å². The third-order valence-electron chi connectivity index (χ3n) is 1.76. The highest BCUT2D eigenvalue weighted by Gasteiger charge is 2.15. The lowest BCUT2D eigenvalue weighted by Gasteiger charge is -2.08. The van der Waals surface area contributed by atoms with Crippen LogP contribution in [0.2, 0.25) is 0 Å². The van der Waals surface area contributed by atoms with Gasteiger partial charge >= 0.3 is 0 Å². The van der Waals surface area contributed by atoms with E-state index in [4.69, 9.17) is 5.11 Å². The summed E-state index contributed by atoms with van der Waals surface area (Å²) in [6, 6.07) is 0. The monoisotopic (exact) mass is 299 g/mol. The van der Waals surface area contributed by atoms with Crippen LogP contribution in [0.5, 0.6) is 0 Å². The Morgan fingerprint density at radius 1 is 1.62 bits per heavy atom. The lowest BCUT2D eigenvalue weighted by atomic mass is 10.1. The zero-order chi connectivity index (χ0) is 10.0. The third-order valence-corrected chi connectivity index (χ3v) is 3.19. The number of nitrogens with zero attached hydrogens (tertiary/aromatic N) is 1. The number of pyridine rings is 1. The van der Waals surface area contributed by atoms with E-state index in [2.05, 4.69) is 4.98 Å². The first-order chi connectivity index (χ1) is 6.07. The van der Waals surface area contributed by atoms with Crippen LogP contribution >= 0.6 is 22.6 Å². The molecule has 0 amide bonds. The van der Waals surface area contributed by atoms with E-state index in [1.807, 2.05) is 22.6 Å². The molecule has 0 radical (unpaired) electrons. The number of hydrogen-bond acceptors (Lipinski definition) is 2. The molecule has 0 fully saturated rings. The summed E-state index contributed by atoms with van der Waals surface area (Å²) in [6.45, 7) is 1.46. The fraction of sp³-hybridized carbons (Fsp3) is 0.375. The van der Waals surface area contributed by atoms with E-state index in [1.54, 1.807) is 6.92 Å². The minimum atomic E-state index is -2.51. The molecule has 2 nitrogen and oxygen atoms in total. The fourth-order valence-corrected chi connectivity index (χ4v) is 1.64. The second kappa shape index (κ2) is 4.28. The van der Waals surface area contributed by atoms with Crippen LogP contribution in [0.15, 0.2) is 6.20 Å². The Labute approximate surface area is 88.1 Å². The Kier molecular flexibility index (Phi) is 3.55. The van der Waals surface area contributed by atoms with Crippen molar-refractivity contribution in [2.75, 3.05) is 0 Å². The fourth-order valence-electron chi connectivity index (χ4n) is 0.956. The van der Waals surface area contributed by atoms with E-state index in [-0.39, 0.29) is 12.2 Å². The van der Waals surface area contributed by atoms with Gasteiger partial charge in [-0.3, -0.25) is 4.98 Å². The van der Waals surface area contributed by atoms with Gasteiger partial charge in [0.2, 0.25) is 0 Å². The molecule has 1 rings (SSSR count). The third kappa shape index (κ3) is 2.14. The molecule has 5 heteroatoms. The van der Waals surface area contributed by atoms with Crippen LogP contribution < -0.4 is 0 Å². The van der Waals surface area contributed by atoms with Crippen LogP contribution in [-0.2, 0) is 6.61 Å². The van der Waals surface area contributed by atoms with E-state index in [9.17, 15) is 8.78 Å². The van der Waals surface area contributed by atoms with Crippen LogP contribution in [-0.4, -0.2) is 10.1 Å². The minimum absolute atomic E-state index is 0.0738. The maximum atomic E-state index is 12.3. The molecule has 0 spiro atoms. The molecule has 0 atom stereocenters. The predicted molar refractivity (Wildman–Crippen MR) is 52.6 cm³/mol. The number of aliphatic hydroxyl groups excluding tert-OH is 1. The summed E-state index contributed by atoms with van der Waals surface area (Å²) in [5, 5.41) is 8.82. The van der Waals surface area contributed by atoms with Gasteiger partial charge in [-0.2, -0.15) is 0 Å². The van der Waals surface area contributed by atoms with Crippen molar-refractivity contribution in [1.82, 2.24) is 4.98 Å². The minimum Gasteiger partial charge on any atom is -0.390 e. The molecular weight excluding hydrogens is 291 g/mol. The summed E-state index contributed by atoms with van der Waals surface area (Å²) in [7, 11) is 0. The van der Waals surface area contributed by atoms with Gasteiger partial charge in [-0.05, 0) is 35.1 Å². The van der Waals surface area contributed by atoms with Crippen molar-refractivity contribution in [3.8, 4) is 0 Å². The van der Waals surface area contributed by atoms with Crippen molar-refractivity contribution in [2.45, 2.75) is 20.0 Å². The molecule has 0 unspecified atom stereocenters. The SMILES string of the molecule is Cc1c(CO)ncc(C(F)F)c1I. The summed E-state index contributed by atoms with van der Waals surface area (Å²) >= 11 is 1.84. The van der Waals surface area contributed by atoms with Gasteiger partial charge in [0.25, 0.3) is 6.43 Å². The number of alkyl halides is 2. The quantitative estimate of drug-likeness (QED) is 0.851. The van der Waals surface area contributed by atoms with Crippen molar-refractivity contribution < 1.29 is 13.9 Å². The molecule has 0 saturated heterocycles. The Morgan fingerprint density at radius 3 is 2.69 bits per heavy atom. The van der Waals surface area contributed by atoms with Gasteiger partial charge in [0.1, 0.15) is 0 Å². The van der Waals surface area contributed by atoms with Crippen LogP contribution in [0.4, 0.5) is 8.78 Å². The first-order valence-electron chi connectivity index (χ1n) is 3.60. The Hall–Kier alpha value is -0.300. The summed E-state index contributed by atoms with van der Waals surface area (Å²) in [5.41, 5.74) is 1.00. The van der Waals surface area contributed by atoms with Crippen LogP contribution in [0.1, 0.15) is 23.2 Å². The molecule has 13 heavy (non-hydrogen) atoms. The largest absolute Gasteiger partial charge is 0.390 e. The Balaban J connectivity index is 3.23. The molecule has 1 aromatic heterocycles. The second-order valence-electron chi connectivity index (χ2n) is 2.56. The maximum Gasteiger partial charge on any atom is 0.266 e. The average Bonchev–Trinajstić information content (AvgIpc) is 2.09. The Bertz CT molecular complexity index is 317. The lowest BCUT2D eigenvalue weighted by Crippen LogP contribution is -2.01. The van der Waals surface area contributed by atoms with Gasteiger partial charge in [0.15, 0.2) is 0 Å². The first-order valence-corrected chi connectivity index (χ1v) is 4.68. The lowest BCUT2D eigenvalue weighted by molar-refractivity contribution is 0.149. The van der Waals surface area contributed by atoms with Crippen LogP contribution in [0, 0.1) is 10.5 Å². The van der Waals surface area contributed by atoms with Gasteiger partial charge < -0.3 is 5.11 Å². The molecule has 0 aliphatic heterocycles. The van der Waals surface area contributed by atoms with Gasteiger partial charge in [0, 0.05) is 15.3 Å². The van der Waals surface area contributed by atoms with Crippen molar-refractivity contribution >= 4 is 22.6 Å². The molecule has 72 valence electrons. The highest BCUT2D eigenvalue weighted by Crippen LogP contribution is 2.27. The zero-order valence-corrected chi connectivity index (χ0v) is 9.05. The van der Waals surface area contributed by atoms with Gasteiger partial charge in [0.05, 0.1) is 12.3 Å². The molecule has 1 heterocycles. The van der Waals surface area contributed by atoms with Crippen molar-refractivity contribution in [3.05, 3.63) is 26.6 Å². The van der Waals surface area contributed by atoms with Crippen LogP contribution in [0.3, 0.4) is 0 Å². The zero-order valence-electron chi connectivity index (χ0n) is 6.89. The summed E-state index contributed by atoms with van der Waals surface area (Å²) in [5.74, 6) is 0. The molecular formula is C8H8F2INO. The molecule has 1 aromatic rings. The average molecular weight is 299 g/mol. The number of aromatic nitrogens is 1. The van der Waals surface area contributed by atoms with E-state index < -0.39 is 6.43 Å². The smallest absolute Gasteiger partial charge is 0.266 e. The van der Waals surface area contributed by atoms with E-state index in [0.717, 1.165) is 6.20 Å². The number of aliphatic hydroxyl groups is 1. The topological polar surface area (TPSA) is 33.1 Å². The van der Waals surface area contributed by atoms with Crippen LogP contribution in [0.25, 0.3) is 0 Å². The van der Waals surface area contributed by atoms with E-state index in [1.165, 1.54) is 0 Å². The van der Waals surface area contributed by atoms with Crippen molar-refractivity contribution in [3.63, 3.8) is 0 Å². The highest BCUT2D eigenvalue weighted by molar-refractivity contribution is 14.1. The second-order valence-corrected chi connectivity index (χ2v) is 3.64. The summed E-state index contributed by atoms with van der Waals surface area (Å²) in [4.78, 5) is 3.74. The van der Waals surface area contributed by atoms with Gasteiger partial charge in [-0.1, -0.05) is 0 Å². The molecule has 1 N–H and O–H groups in total. The van der Waals surface area contributed by atoms with E-state index >= 15 is 0 Å². The molecule has 0 aliphatic carbocycles. The first kappa shape index (κ1) is 10.8. The Morgan fingerprint density at radius 2 is 2.23 bits per heavy atom. The molecule has 0 aromatic carbocycles. The number of halogens is 3. The standard InChI is InChI=1S/C8H8F2INO/c1-4-6(3-13)12-2-5(7(4)11)8(9)10/h2,8,13H,3H2,1H3. The maximum absolute atomic E-state index is 12.3. The predicted octanol–water partition coefficient (Wildman–Crippen LogP) is 2.42. The van der Waals surface area contributed by atoms with Gasteiger partial charge in [-0.25, -0.2) is 8.78 Å². The summed E-state index contributed by atoms with van der Waals surface area (Å²) < 4.78 is 25.2. The van der Waals surface area contributed by atoms with Crippen molar-refractivity contribution in [1.29, 1.82) is 0 Å².